The van der Waals surface area contributed by atoms with Crippen LogP contribution in [0.15, 0.2) is 58.5 Å². The minimum atomic E-state index is -4.10. The molecule has 1 aliphatic rings. The van der Waals surface area contributed by atoms with Crippen molar-refractivity contribution < 1.29 is 13.2 Å². The Morgan fingerprint density at radius 2 is 1.82 bits per heavy atom. The molecule has 5 heterocycles. The third kappa shape index (κ3) is 4.54. The molecule has 1 fully saturated rings. The van der Waals surface area contributed by atoms with Crippen molar-refractivity contribution in [3.8, 4) is 0 Å². The van der Waals surface area contributed by atoms with Gasteiger partial charge in [0.15, 0.2) is 0 Å². The van der Waals surface area contributed by atoms with Gasteiger partial charge in [-0.1, -0.05) is 6.07 Å². The first-order valence-corrected chi connectivity index (χ1v) is 11.5. The summed E-state index contributed by atoms with van der Waals surface area (Å²) in [7, 11) is 0. The Bertz CT molecular complexity index is 1370. The number of halogens is 4. The van der Waals surface area contributed by atoms with Gasteiger partial charge in [0, 0.05) is 47.4 Å². The largest absolute Gasteiger partial charge is 0.391 e. The second-order valence-corrected chi connectivity index (χ2v) is 9.31. The van der Waals surface area contributed by atoms with E-state index >= 15 is 0 Å². The highest BCUT2D eigenvalue weighted by atomic mass is 79.9. The van der Waals surface area contributed by atoms with Gasteiger partial charge < -0.3 is 8.97 Å². The summed E-state index contributed by atoms with van der Waals surface area (Å²) in [6.07, 6.45) is 4.99. The average Bonchev–Trinajstić information content (AvgIpc) is 3.17. The number of fused-ring (bicyclic) bond motifs is 2. The van der Waals surface area contributed by atoms with Crippen LogP contribution in [-0.2, 0) is 13.1 Å². The predicted octanol–water partition coefficient (Wildman–Crippen LogP) is 4.63. The molecule has 33 heavy (non-hydrogen) atoms. The molecule has 6 nitrogen and oxygen atoms in total. The molecule has 1 saturated heterocycles. The predicted molar refractivity (Wildman–Crippen MR) is 122 cm³/mol. The van der Waals surface area contributed by atoms with Crippen LogP contribution in [0.3, 0.4) is 0 Å². The zero-order valence-electron chi connectivity index (χ0n) is 17.6. The van der Waals surface area contributed by atoms with Gasteiger partial charge in [0.05, 0.1) is 23.5 Å². The van der Waals surface area contributed by atoms with Gasteiger partial charge in [-0.3, -0.25) is 14.7 Å². The second-order valence-electron chi connectivity index (χ2n) is 8.46. The fraction of sp³-hybridized carbons (Fsp3) is 0.348. The first-order valence-electron chi connectivity index (χ1n) is 10.7. The van der Waals surface area contributed by atoms with Crippen molar-refractivity contribution in [2.24, 2.45) is 5.92 Å². The van der Waals surface area contributed by atoms with Crippen molar-refractivity contribution in [1.29, 1.82) is 0 Å². The maximum Gasteiger partial charge on any atom is 0.391 e. The molecule has 0 saturated carbocycles. The van der Waals surface area contributed by atoms with E-state index in [0.29, 0.717) is 31.6 Å². The van der Waals surface area contributed by atoms with Crippen molar-refractivity contribution in [2.45, 2.75) is 32.1 Å². The van der Waals surface area contributed by atoms with Gasteiger partial charge in [-0.2, -0.15) is 13.2 Å². The molecule has 172 valence electrons. The number of hydrogen-bond acceptors (Lipinski definition) is 4. The molecule has 0 atom stereocenters. The summed E-state index contributed by atoms with van der Waals surface area (Å²) in [4.78, 5) is 23.6. The van der Waals surface area contributed by atoms with Crippen molar-refractivity contribution in [3.63, 3.8) is 0 Å². The monoisotopic (exact) mass is 519 g/mol. The maximum absolute atomic E-state index is 12.9. The molecule has 5 rings (SSSR count). The number of rotatable bonds is 4. The molecule has 0 unspecified atom stereocenters. The highest BCUT2D eigenvalue weighted by Gasteiger charge is 2.40. The summed E-state index contributed by atoms with van der Waals surface area (Å²) in [6.45, 7) is 1.80. The lowest BCUT2D eigenvalue weighted by Crippen LogP contribution is -2.38. The highest BCUT2D eigenvalue weighted by Crippen LogP contribution is 2.34. The Morgan fingerprint density at radius 1 is 1.03 bits per heavy atom. The molecular weight excluding hydrogens is 499 g/mol. The van der Waals surface area contributed by atoms with Crippen molar-refractivity contribution in [3.05, 3.63) is 75.3 Å². The molecule has 4 aromatic rings. The fourth-order valence-electron chi connectivity index (χ4n) is 4.41. The Morgan fingerprint density at radius 3 is 2.58 bits per heavy atom. The van der Waals surface area contributed by atoms with Crippen LogP contribution < -0.4 is 5.56 Å². The van der Waals surface area contributed by atoms with E-state index < -0.39 is 12.1 Å². The summed E-state index contributed by atoms with van der Waals surface area (Å²) in [6, 6.07) is 5.72. The maximum atomic E-state index is 12.9. The van der Waals surface area contributed by atoms with Crippen LogP contribution in [0.5, 0.6) is 0 Å². The normalized spacial score (nSPS) is 16.1. The van der Waals surface area contributed by atoms with E-state index in [1.165, 1.54) is 0 Å². The second kappa shape index (κ2) is 8.57. The quantitative estimate of drug-likeness (QED) is 0.394. The zero-order chi connectivity index (χ0) is 23.2. The summed E-state index contributed by atoms with van der Waals surface area (Å²) in [5.74, 6) is -1.19. The van der Waals surface area contributed by atoms with Crippen molar-refractivity contribution in [2.75, 3.05) is 13.1 Å². The molecule has 0 aromatic carbocycles. The van der Waals surface area contributed by atoms with E-state index in [9.17, 15) is 18.0 Å². The number of pyridine rings is 3. The Labute approximate surface area is 195 Å². The van der Waals surface area contributed by atoms with Crippen LogP contribution in [0, 0.1) is 5.92 Å². The third-order valence-corrected chi connectivity index (χ3v) is 6.83. The van der Waals surface area contributed by atoms with Gasteiger partial charge in [0.1, 0.15) is 5.65 Å². The van der Waals surface area contributed by atoms with Gasteiger partial charge in [-0.25, -0.2) is 4.98 Å². The number of piperidine rings is 1. The SMILES string of the molecule is O=c1c2cncc(Br)c2ccn1Cc1cn2cc(CN3CCC(C(F)(F)F)CC3)ccc2n1. The Kier molecular flexibility index (Phi) is 5.74. The van der Waals surface area contributed by atoms with Gasteiger partial charge >= 0.3 is 6.18 Å². The molecule has 10 heteroatoms. The average molecular weight is 520 g/mol. The first kappa shape index (κ1) is 22.1. The van der Waals surface area contributed by atoms with Gasteiger partial charge in [0.25, 0.3) is 5.56 Å². The number of aromatic nitrogens is 4. The summed E-state index contributed by atoms with van der Waals surface area (Å²) in [5.41, 5.74) is 2.36. The number of nitrogens with zero attached hydrogens (tertiary/aromatic N) is 5. The number of likely N-dealkylation sites (tertiary alicyclic amines) is 1. The minimum Gasteiger partial charge on any atom is -0.309 e. The summed E-state index contributed by atoms with van der Waals surface area (Å²) >= 11 is 3.42. The lowest BCUT2D eigenvalue weighted by atomic mass is 9.96. The van der Waals surface area contributed by atoms with E-state index in [4.69, 9.17) is 0 Å². The van der Waals surface area contributed by atoms with Crippen LogP contribution in [-0.4, -0.2) is 43.1 Å². The highest BCUT2D eigenvalue weighted by molar-refractivity contribution is 9.10. The molecule has 0 spiro atoms. The first-order chi connectivity index (χ1) is 15.8. The molecule has 0 aliphatic carbocycles. The van der Waals surface area contributed by atoms with Crippen LogP contribution in [0.25, 0.3) is 16.4 Å². The molecular formula is C23H21BrF3N5O. The lowest BCUT2D eigenvalue weighted by molar-refractivity contribution is -0.185. The van der Waals surface area contributed by atoms with Gasteiger partial charge in [-0.05, 0) is 59.6 Å². The van der Waals surface area contributed by atoms with Crippen LogP contribution >= 0.6 is 15.9 Å². The number of hydrogen-bond donors (Lipinski definition) is 0. The van der Waals surface area contributed by atoms with Crippen LogP contribution in [0.2, 0.25) is 0 Å². The zero-order valence-corrected chi connectivity index (χ0v) is 19.2. The van der Waals surface area contributed by atoms with Crippen LogP contribution in [0.1, 0.15) is 24.1 Å². The van der Waals surface area contributed by atoms with E-state index in [1.54, 1.807) is 23.2 Å². The topological polar surface area (TPSA) is 55.4 Å². The van der Waals surface area contributed by atoms with E-state index in [0.717, 1.165) is 26.8 Å². The molecule has 0 N–H and O–H groups in total. The van der Waals surface area contributed by atoms with Gasteiger partial charge in [0.2, 0.25) is 0 Å². The molecule has 1 aliphatic heterocycles. The standard InChI is InChI=1S/C23H21BrF3N5O/c24-20-10-28-9-19-18(20)5-8-31(22(19)33)13-17-14-32-12-15(1-2-21(32)29-17)11-30-6-3-16(4-7-30)23(25,26)27/h1-2,5,8-10,12,14,16H,3-4,6-7,11,13H2. The Hall–Kier alpha value is -2.72. The fourth-order valence-corrected chi connectivity index (χ4v) is 4.87. The lowest BCUT2D eigenvalue weighted by Gasteiger charge is -2.32. The molecule has 4 aromatic heterocycles. The summed E-state index contributed by atoms with van der Waals surface area (Å²) < 4.78 is 42.9. The number of alkyl halides is 3. The van der Waals surface area contributed by atoms with Gasteiger partial charge in [-0.15, -0.1) is 0 Å². The molecule has 0 bridgehead atoms. The smallest absolute Gasteiger partial charge is 0.309 e. The Balaban J connectivity index is 1.32. The van der Waals surface area contributed by atoms with Crippen molar-refractivity contribution >= 4 is 32.3 Å². The van der Waals surface area contributed by atoms with Crippen LogP contribution in [0.4, 0.5) is 13.2 Å². The molecule has 0 radical (unpaired) electrons. The van der Waals surface area contributed by atoms with Crippen molar-refractivity contribution in [1.82, 2.24) is 23.8 Å². The summed E-state index contributed by atoms with van der Waals surface area (Å²) in [5, 5.41) is 1.34. The number of imidazole rings is 1. The van der Waals surface area contributed by atoms with E-state index in [-0.39, 0.29) is 18.4 Å². The molecule has 0 amide bonds. The van der Waals surface area contributed by atoms with E-state index in [2.05, 4.69) is 30.8 Å². The minimum absolute atomic E-state index is 0.138. The van der Waals surface area contributed by atoms with E-state index in [1.807, 2.05) is 35.0 Å². The third-order valence-electron chi connectivity index (χ3n) is 6.20.